The molecule has 2 fully saturated rings. The van der Waals surface area contributed by atoms with E-state index in [2.05, 4.69) is 84.1 Å². The van der Waals surface area contributed by atoms with Crippen LogP contribution in [0.3, 0.4) is 0 Å². The van der Waals surface area contributed by atoms with Crippen LogP contribution in [0.2, 0.25) is 0 Å². The minimum absolute atomic E-state index is 0.691. The summed E-state index contributed by atoms with van der Waals surface area (Å²) in [6.45, 7) is 10.9. The van der Waals surface area contributed by atoms with Crippen LogP contribution in [-0.4, -0.2) is 56.3 Å². The van der Waals surface area contributed by atoms with Crippen molar-refractivity contribution in [3.63, 3.8) is 0 Å². The van der Waals surface area contributed by atoms with Crippen LogP contribution in [0.1, 0.15) is 44.2 Å². The molecule has 0 saturated carbocycles. The summed E-state index contributed by atoms with van der Waals surface area (Å²) in [6, 6.07) is 17.7. The molecular weight excluding hydrogens is 382 g/mol. The molecule has 0 unspecified atom stereocenters. The Morgan fingerprint density at radius 1 is 0.871 bits per heavy atom. The lowest BCUT2D eigenvalue weighted by atomic mass is 9.88. The Morgan fingerprint density at radius 2 is 1.55 bits per heavy atom. The van der Waals surface area contributed by atoms with Gasteiger partial charge in [0.25, 0.3) is 0 Å². The molecule has 4 heteroatoms. The van der Waals surface area contributed by atoms with Crippen LogP contribution in [0, 0.1) is 5.92 Å². The smallest absolute Gasteiger partial charge is 0.0891 e. The van der Waals surface area contributed by atoms with Crippen molar-refractivity contribution in [1.82, 2.24) is 4.90 Å². The average Bonchev–Trinajstić information content (AvgIpc) is 3.28. The minimum Gasteiger partial charge on any atom is -0.385 e. The molecule has 2 aliphatic heterocycles. The first kappa shape index (κ1) is 22.2. The van der Waals surface area contributed by atoms with Crippen molar-refractivity contribution in [3.8, 4) is 0 Å². The molecule has 4 rings (SSSR count). The van der Waals surface area contributed by atoms with Gasteiger partial charge in [0.15, 0.2) is 0 Å². The minimum atomic E-state index is -0.695. The highest BCUT2D eigenvalue weighted by atomic mass is 16.3. The molecule has 0 aromatic heterocycles. The van der Waals surface area contributed by atoms with Crippen LogP contribution >= 0.6 is 0 Å². The third-order valence-electron chi connectivity index (χ3n) is 7.57. The summed E-state index contributed by atoms with van der Waals surface area (Å²) in [5.41, 5.74) is 4.58. The molecule has 0 amide bonds. The zero-order chi connectivity index (χ0) is 21.8. The van der Waals surface area contributed by atoms with Crippen molar-refractivity contribution in [1.29, 1.82) is 0 Å². The zero-order valence-electron chi connectivity index (χ0n) is 19.6. The largest absolute Gasteiger partial charge is 0.385 e. The first-order valence-electron chi connectivity index (χ1n) is 12.1. The third kappa shape index (κ3) is 4.91. The molecule has 2 heterocycles. The van der Waals surface area contributed by atoms with Gasteiger partial charge in [0.1, 0.15) is 0 Å². The van der Waals surface area contributed by atoms with Crippen molar-refractivity contribution in [2.75, 3.05) is 56.1 Å². The van der Waals surface area contributed by atoms with Gasteiger partial charge in [0.05, 0.1) is 5.60 Å². The van der Waals surface area contributed by atoms with Gasteiger partial charge >= 0.3 is 0 Å². The fourth-order valence-electron chi connectivity index (χ4n) is 5.22. The Balaban J connectivity index is 1.40. The van der Waals surface area contributed by atoms with Gasteiger partial charge in [-0.05, 0) is 68.0 Å². The summed E-state index contributed by atoms with van der Waals surface area (Å²) in [5, 5.41) is 10.8. The molecule has 2 aromatic rings. The molecule has 2 saturated heterocycles. The quantitative estimate of drug-likeness (QED) is 0.712. The first-order valence-corrected chi connectivity index (χ1v) is 12.1. The maximum atomic E-state index is 10.8. The van der Waals surface area contributed by atoms with Crippen LogP contribution in [0.25, 0.3) is 0 Å². The van der Waals surface area contributed by atoms with E-state index in [4.69, 9.17) is 0 Å². The topological polar surface area (TPSA) is 30.0 Å². The Labute approximate surface area is 188 Å². The number of hydrogen-bond acceptors (Lipinski definition) is 4. The molecule has 1 N–H and O–H groups in total. The normalized spacial score (nSPS) is 20.5. The van der Waals surface area contributed by atoms with Crippen molar-refractivity contribution >= 4 is 11.4 Å². The molecule has 2 aromatic carbocycles. The number of para-hydroxylation sites is 1. The number of rotatable bonds is 7. The molecule has 4 nitrogen and oxygen atoms in total. The number of anilines is 2. The lowest BCUT2D eigenvalue weighted by Gasteiger charge is -2.35. The number of benzene rings is 2. The van der Waals surface area contributed by atoms with Crippen LogP contribution in [-0.2, 0) is 12.0 Å². The molecule has 2 aliphatic rings. The lowest BCUT2D eigenvalue weighted by Crippen LogP contribution is -2.44. The van der Waals surface area contributed by atoms with E-state index in [1.54, 1.807) is 0 Å². The van der Waals surface area contributed by atoms with Gasteiger partial charge in [0.2, 0.25) is 0 Å². The van der Waals surface area contributed by atoms with E-state index in [-0.39, 0.29) is 0 Å². The molecule has 168 valence electrons. The summed E-state index contributed by atoms with van der Waals surface area (Å²) in [5.74, 6) is 0.691. The monoisotopic (exact) mass is 421 g/mol. The van der Waals surface area contributed by atoms with Gasteiger partial charge in [-0.25, -0.2) is 0 Å². The van der Waals surface area contributed by atoms with Gasteiger partial charge < -0.3 is 19.8 Å². The molecule has 0 spiro atoms. The van der Waals surface area contributed by atoms with Crippen molar-refractivity contribution in [3.05, 3.63) is 59.7 Å². The second-order valence-corrected chi connectivity index (χ2v) is 9.51. The van der Waals surface area contributed by atoms with E-state index in [9.17, 15) is 5.11 Å². The maximum Gasteiger partial charge on any atom is 0.0891 e. The van der Waals surface area contributed by atoms with Gasteiger partial charge in [-0.2, -0.15) is 0 Å². The molecular formula is C27H39N3O. The van der Waals surface area contributed by atoms with Gasteiger partial charge in [-0.15, -0.1) is 0 Å². The Hall–Kier alpha value is -2.04. The molecule has 0 radical (unpaired) electrons. The van der Waals surface area contributed by atoms with Gasteiger partial charge in [-0.1, -0.05) is 44.2 Å². The van der Waals surface area contributed by atoms with E-state index in [0.717, 1.165) is 64.1 Å². The summed E-state index contributed by atoms with van der Waals surface area (Å²) < 4.78 is 0. The highest BCUT2D eigenvalue weighted by molar-refractivity contribution is 5.55. The van der Waals surface area contributed by atoms with Crippen LogP contribution in [0.15, 0.2) is 48.5 Å². The van der Waals surface area contributed by atoms with Crippen LogP contribution < -0.4 is 9.80 Å². The zero-order valence-corrected chi connectivity index (χ0v) is 19.6. The Kier molecular flexibility index (Phi) is 6.88. The number of hydrogen-bond donors (Lipinski definition) is 1. The number of nitrogens with zero attached hydrogens (tertiary/aromatic N) is 3. The predicted octanol–water partition coefficient (Wildman–Crippen LogP) is 4.52. The maximum absolute atomic E-state index is 10.8. The second kappa shape index (κ2) is 9.62. The van der Waals surface area contributed by atoms with Gasteiger partial charge in [0, 0.05) is 50.6 Å². The van der Waals surface area contributed by atoms with E-state index in [0.29, 0.717) is 5.92 Å². The molecule has 0 bridgehead atoms. The summed E-state index contributed by atoms with van der Waals surface area (Å²) in [7, 11) is 2.22. The van der Waals surface area contributed by atoms with E-state index in [1.807, 2.05) is 0 Å². The van der Waals surface area contributed by atoms with Crippen molar-refractivity contribution in [2.24, 2.45) is 5.92 Å². The average molecular weight is 422 g/mol. The molecule has 31 heavy (non-hydrogen) atoms. The highest BCUT2D eigenvalue weighted by Crippen LogP contribution is 2.33. The predicted molar refractivity (Wildman–Crippen MR) is 131 cm³/mol. The summed E-state index contributed by atoms with van der Waals surface area (Å²) in [6.07, 6.45) is 3.90. The summed E-state index contributed by atoms with van der Waals surface area (Å²) in [4.78, 5) is 7.51. The van der Waals surface area contributed by atoms with Crippen molar-refractivity contribution < 1.29 is 5.11 Å². The number of piperazine rings is 1. The van der Waals surface area contributed by atoms with Crippen LogP contribution in [0.5, 0.6) is 0 Å². The van der Waals surface area contributed by atoms with E-state index in [1.165, 1.54) is 23.4 Å². The number of likely N-dealkylation sites (N-methyl/N-ethyl adjacent to an activating group) is 1. The lowest BCUT2D eigenvalue weighted by molar-refractivity contribution is 0.0284. The van der Waals surface area contributed by atoms with Crippen LogP contribution in [0.4, 0.5) is 11.4 Å². The van der Waals surface area contributed by atoms with Gasteiger partial charge in [-0.3, -0.25) is 0 Å². The van der Waals surface area contributed by atoms with E-state index >= 15 is 0 Å². The third-order valence-corrected chi connectivity index (χ3v) is 7.57. The Morgan fingerprint density at radius 3 is 2.23 bits per heavy atom. The Bertz CT molecular complexity index is 838. The SMILES string of the molecule is CCC(O)(CC)c1ccc(N2CC[C@@H](Cc3ccccc3N3CCN(C)CC3)C2)cc1. The fraction of sp³-hybridized carbons (Fsp3) is 0.556. The first-order chi connectivity index (χ1) is 15.0. The van der Waals surface area contributed by atoms with E-state index < -0.39 is 5.60 Å². The van der Waals surface area contributed by atoms with Crippen molar-refractivity contribution in [2.45, 2.75) is 45.1 Å². The summed E-state index contributed by atoms with van der Waals surface area (Å²) >= 11 is 0. The molecule has 0 aliphatic carbocycles. The second-order valence-electron chi connectivity index (χ2n) is 9.51. The fourth-order valence-corrected chi connectivity index (χ4v) is 5.22. The number of aliphatic hydroxyl groups is 1. The standard InChI is InChI=1S/C27H39N3O/c1-4-27(31,5-2)24-10-12-25(13-11-24)30-15-14-22(21-30)20-23-8-6-7-9-26(23)29-18-16-28(3)17-19-29/h6-13,22,31H,4-5,14-21H2,1-3H3/t22-/m0/s1. The highest BCUT2D eigenvalue weighted by Gasteiger charge is 2.27. The molecule has 1 atom stereocenters.